The third-order valence-electron chi connectivity index (χ3n) is 2.80. The van der Waals surface area contributed by atoms with Crippen LogP contribution in [0.25, 0.3) is 0 Å². The summed E-state index contributed by atoms with van der Waals surface area (Å²) in [5.74, 6) is 0.211. The molecule has 1 aromatic heterocycles. The van der Waals surface area contributed by atoms with Crippen LogP contribution in [-0.2, 0) is 4.79 Å². The summed E-state index contributed by atoms with van der Waals surface area (Å²) in [4.78, 5) is 12.1. The highest BCUT2D eigenvalue weighted by molar-refractivity contribution is 5.83. The van der Waals surface area contributed by atoms with Gasteiger partial charge in [0.1, 0.15) is 0 Å². The van der Waals surface area contributed by atoms with Crippen molar-refractivity contribution in [2.24, 2.45) is 0 Å². The van der Waals surface area contributed by atoms with Gasteiger partial charge in [0.2, 0.25) is 5.91 Å². The van der Waals surface area contributed by atoms with Crippen LogP contribution in [0.4, 0.5) is 0 Å². The molecule has 0 aliphatic rings. The predicted octanol–water partition coefficient (Wildman–Crippen LogP) is 1.18. The fourth-order valence-corrected chi connectivity index (χ4v) is 1.65. The number of hydrogen-bond acceptors (Lipinski definition) is 4. The number of nitrogens with one attached hydrogen (secondary N) is 2. The third kappa shape index (κ3) is 2.71. The quantitative estimate of drug-likeness (QED) is 0.847. The highest BCUT2D eigenvalue weighted by atomic mass is 16.1. The molecule has 0 aliphatic heterocycles. The molecular weight excluding hydrogens is 230 g/mol. The minimum atomic E-state index is -0.262. The molecule has 18 heavy (non-hydrogen) atoms. The van der Waals surface area contributed by atoms with Crippen molar-refractivity contribution in [3.8, 4) is 0 Å². The van der Waals surface area contributed by atoms with Crippen molar-refractivity contribution in [1.82, 2.24) is 25.9 Å². The van der Waals surface area contributed by atoms with Gasteiger partial charge >= 0.3 is 0 Å². The van der Waals surface area contributed by atoms with E-state index >= 15 is 0 Å². The van der Waals surface area contributed by atoms with Crippen molar-refractivity contribution in [3.63, 3.8) is 0 Å². The molecular formula is C12H15N5O. The Labute approximate surface area is 105 Å². The molecule has 0 aliphatic carbocycles. The Hall–Kier alpha value is -2.24. The summed E-state index contributed by atoms with van der Waals surface area (Å²) in [7, 11) is 0. The molecule has 2 unspecified atom stereocenters. The average Bonchev–Trinajstić information content (AvgIpc) is 2.92. The number of H-pyrrole nitrogens is 1. The lowest BCUT2D eigenvalue weighted by molar-refractivity contribution is -0.122. The molecule has 1 heterocycles. The lowest BCUT2D eigenvalue weighted by Crippen LogP contribution is -2.31. The van der Waals surface area contributed by atoms with Crippen molar-refractivity contribution in [3.05, 3.63) is 41.7 Å². The molecule has 0 fully saturated rings. The lowest BCUT2D eigenvalue weighted by atomic mass is 10.0. The Morgan fingerprint density at radius 3 is 2.61 bits per heavy atom. The van der Waals surface area contributed by atoms with Gasteiger partial charge in [-0.2, -0.15) is 5.21 Å². The van der Waals surface area contributed by atoms with E-state index in [-0.39, 0.29) is 17.9 Å². The molecule has 0 saturated carbocycles. The summed E-state index contributed by atoms with van der Waals surface area (Å²) in [5.41, 5.74) is 0.982. The van der Waals surface area contributed by atoms with Crippen molar-refractivity contribution in [2.45, 2.75) is 25.8 Å². The van der Waals surface area contributed by atoms with Crippen LogP contribution in [-0.4, -0.2) is 26.5 Å². The molecule has 1 aromatic carbocycles. The first-order valence-corrected chi connectivity index (χ1v) is 5.77. The molecule has 0 saturated heterocycles. The number of rotatable bonds is 4. The number of hydrogen-bond donors (Lipinski definition) is 2. The van der Waals surface area contributed by atoms with E-state index in [4.69, 9.17) is 0 Å². The van der Waals surface area contributed by atoms with Crippen LogP contribution < -0.4 is 5.32 Å². The Bertz CT molecular complexity index is 496. The second kappa shape index (κ2) is 5.39. The topological polar surface area (TPSA) is 83.6 Å². The smallest absolute Gasteiger partial charge is 0.227 e. The zero-order chi connectivity index (χ0) is 13.0. The number of carbonyl (C=O) groups is 1. The van der Waals surface area contributed by atoms with Crippen molar-refractivity contribution >= 4 is 5.91 Å². The van der Waals surface area contributed by atoms with Gasteiger partial charge in [-0.1, -0.05) is 35.5 Å². The number of amides is 1. The fraction of sp³-hybridized carbons (Fsp3) is 0.333. The largest absolute Gasteiger partial charge is 0.346 e. The van der Waals surface area contributed by atoms with Gasteiger partial charge in [-0.05, 0) is 19.4 Å². The Morgan fingerprint density at radius 2 is 2.00 bits per heavy atom. The summed E-state index contributed by atoms with van der Waals surface area (Å²) >= 11 is 0. The van der Waals surface area contributed by atoms with E-state index < -0.39 is 0 Å². The van der Waals surface area contributed by atoms with Crippen LogP contribution in [0.1, 0.15) is 37.2 Å². The van der Waals surface area contributed by atoms with E-state index in [0.717, 1.165) is 5.56 Å². The summed E-state index contributed by atoms with van der Waals surface area (Å²) in [6.45, 7) is 3.69. The summed E-state index contributed by atoms with van der Waals surface area (Å²) in [6, 6.07) is 9.37. The van der Waals surface area contributed by atoms with E-state index in [0.29, 0.717) is 5.82 Å². The molecule has 0 spiro atoms. The van der Waals surface area contributed by atoms with Crippen LogP contribution in [0.15, 0.2) is 30.3 Å². The number of tetrazole rings is 1. The Morgan fingerprint density at radius 1 is 1.28 bits per heavy atom. The zero-order valence-corrected chi connectivity index (χ0v) is 10.3. The van der Waals surface area contributed by atoms with Gasteiger partial charge in [-0.3, -0.25) is 4.79 Å². The first-order valence-electron chi connectivity index (χ1n) is 5.77. The van der Waals surface area contributed by atoms with Crippen LogP contribution in [0, 0.1) is 0 Å². The molecule has 2 aromatic rings. The standard InChI is InChI=1S/C12H15N5O/c1-8(10-6-4-3-5-7-10)12(18)13-9(2)11-14-16-17-15-11/h3-9H,1-2H3,(H,13,18)(H,14,15,16,17). The fourth-order valence-electron chi connectivity index (χ4n) is 1.65. The maximum absolute atomic E-state index is 12.1. The van der Waals surface area contributed by atoms with E-state index in [1.807, 2.05) is 44.2 Å². The van der Waals surface area contributed by atoms with Gasteiger partial charge in [0.15, 0.2) is 5.82 Å². The first-order chi connectivity index (χ1) is 8.68. The molecule has 2 atom stereocenters. The number of aromatic nitrogens is 4. The number of nitrogens with zero attached hydrogens (tertiary/aromatic N) is 3. The van der Waals surface area contributed by atoms with Crippen LogP contribution in [0.2, 0.25) is 0 Å². The summed E-state index contributed by atoms with van der Waals surface area (Å²) in [5, 5.41) is 16.4. The molecule has 0 radical (unpaired) electrons. The highest BCUT2D eigenvalue weighted by Crippen LogP contribution is 2.16. The molecule has 2 rings (SSSR count). The van der Waals surface area contributed by atoms with E-state index in [2.05, 4.69) is 25.9 Å². The number of benzene rings is 1. The van der Waals surface area contributed by atoms with Crippen molar-refractivity contribution in [1.29, 1.82) is 0 Å². The Kier molecular flexibility index (Phi) is 3.66. The van der Waals surface area contributed by atoms with Crippen LogP contribution in [0.5, 0.6) is 0 Å². The molecule has 1 amide bonds. The lowest BCUT2D eigenvalue weighted by Gasteiger charge is -2.15. The van der Waals surface area contributed by atoms with Gasteiger partial charge in [-0.15, -0.1) is 10.2 Å². The Balaban J connectivity index is 2.00. The molecule has 6 heteroatoms. The minimum absolute atomic E-state index is 0.0569. The maximum Gasteiger partial charge on any atom is 0.227 e. The SMILES string of the molecule is CC(NC(=O)C(C)c1ccccc1)c1nn[nH]n1. The third-order valence-corrected chi connectivity index (χ3v) is 2.80. The molecule has 6 nitrogen and oxygen atoms in total. The van der Waals surface area contributed by atoms with Crippen LogP contribution in [0.3, 0.4) is 0 Å². The van der Waals surface area contributed by atoms with Gasteiger partial charge < -0.3 is 5.32 Å². The maximum atomic E-state index is 12.1. The van der Waals surface area contributed by atoms with Gasteiger partial charge in [0.05, 0.1) is 12.0 Å². The normalized spacial score (nSPS) is 13.9. The first kappa shape index (κ1) is 12.2. The van der Waals surface area contributed by atoms with Gasteiger partial charge in [-0.25, -0.2) is 0 Å². The number of aromatic amines is 1. The zero-order valence-electron chi connectivity index (χ0n) is 10.3. The minimum Gasteiger partial charge on any atom is -0.346 e. The molecule has 2 N–H and O–H groups in total. The monoisotopic (exact) mass is 245 g/mol. The van der Waals surface area contributed by atoms with Gasteiger partial charge in [0, 0.05) is 0 Å². The second-order valence-electron chi connectivity index (χ2n) is 4.13. The summed E-state index contributed by atoms with van der Waals surface area (Å²) < 4.78 is 0. The molecule has 94 valence electrons. The average molecular weight is 245 g/mol. The van der Waals surface area contributed by atoms with E-state index in [9.17, 15) is 4.79 Å². The van der Waals surface area contributed by atoms with Crippen molar-refractivity contribution in [2.75, 3.05) is 0 Å². The molecule has 0 bridgehead atoms. The van der Waals surface area contributed by atoms with Gasteiger partial charge in [0.25, 0.3) is 0 Å². The van der Waals surface area contributed by atoms with Crippen molar-refractivity contribution < 1.29 is 4.79 Å². The second-order valence-corrected chi connectivity index (χ2v) is 4.13. The number of carbonyl (C=O) groups excluding carboxylic acids is 1. The highest BCUT2D eigenvalue weighted by Gasteiger charge is 2.19. The predicted molar refractivity (Wildman–Crippen MR) is 65.6 cm³/mol. The van der Waals surface area contributed by atoms with Crippen LogP contribution >= 0.6 is 0 Å². The van der Waals surface area contributed by atoms with E-state index in [1.165, 1.54) is 0 Å². The summed E-state index contributed by atoms with van der Waals surface area (Å²) in [6.07, 6.45) is 0. The van der Waals surface area contributed by atoms with E-state index in [1.54, 1.807) is 0 Å².